The second kappa shape index (κ2) is 6.89. The van der Waals surface area contributed by atoms with E-state index in [9.17, 15) is 0 Å². The van der Waals surface area contributed by atoms with E-state index in [0.29, 0.717) is 33.0 Å². The summed E-state index contributed by atoms with van der Waals surface area (Å²) in [6, 6.07) is 0.450. The number of ether oxygens (including phenoxy) is 4. The van der Waals surface area contributed by atoms with Crippen LogP contribution in [-0.4, -0.2) is 68.1 Å². The third-order valence-corrected chi connectivity index (χ3v) is 4.05. The van der Waals surface area contributed by atoms with Crippen molar-refractivity contribution in [2.75, 3.05) is 39.5 Å². The molecule has 6 nitrogen and oxygen atoms in total. The Labute approximate surface area is 127 Å². The first kappa shape index (κ1) is 17.1. The van der Waals surface area contributed by atoms with Crippen LogP contribution in [0.5, 0.6) is 0 Å². The summed E-state index contributed by atoms with van der Waals surface area (Å²) in [6.45, 7) is 12.0. The molecule has 2 saturated heterocycles. The van der Waals surface area contributed by atoms with Crippen LogP contribution < -0.4 is 5.73 Å². The maximum absolute atomic E-state index is 5.79. The van der Waals surface area contributed by atoms with Gasteiger partial charge in [0.25, 0.3) is 0 Å². The summed E-state index contributed by atoms with van der Waals surface area (Å²) < 4.78 is 23.2. The zero-order chi connectivity index (χ0) is 15.5. The lowest BCUT2D eigenvalue weighted by Gasteiger charge is -2.46. The van der Waals surface area contributed by atoms with Crippen LogP contribution in [0.15, 0.2) is 0 Å². The highest BCUT2D eigenvalue weighted by atomic mass is 16.7. The minimum absolute atomic E-state index is 0.225. The molecule has 0 bridgehead atoms. The molecule has 2 rings (SSSR count). The number of hydrogen-bond donors (Lipinski definition) is 1. The molecule has 0 unspecified atom stereocenters. The standard InChI is InChI=1S/C15H30N2O4/c1-14(2)18-8-12(9-19-14)17(7-5-6-16)13-10-20-15(3,4)21-11-13/h12-13H,5-11,16H2,1-4H3. The SMILES string of the molecule is CC1(C)OCC(N(CCCN)C2COC(C)(C)OC2)CO1. The average Bonchev–Trinajstić information content (AvgIpc) is 2.42. The van der Waals surface area contributed by atoms with Gasteiger partial charge >= 0.3 is 0 Å². The molecular weight excluding hydrogens is 272 g/mol. The largest absolute Gasteiger partial charge is 0.349 e. The van der Waals surface area contributed by atoms with Crippen molar-refractivity contribution in [2.45, 2.75) is 57.8 Å². The Bertz CT molecular complexity index is 288. The minimum atomic E-state index is -0.488. The lowest BCUT2D eigenvalue weighted by atomic mass is 10.1. The van der Waals surface area contributed by atoms with Crippen LogP contribution in [0.3, 0.4) is 0 Å². The Hall–Kier alpha value is -0.240. The van der Waals surface area contributed by atoms with Crippen LogP contribution in [-0.2, 0) is 18.9 Å². The molecule has 0 atom stereocenters. The van der Waals surface area contributed by atoms with Crippen LogP contribution in [0.4, 0.5) is 0 Å². The van der Waals surface area contributed by atoms with Gasteiger partial charge in [-0.1, -0.05) is 0 Å². The van der Waals surface area contributed by atoms with E-state index < -0.39 is 11.6 Å². The zero-order valence-corrected chi connectivity index (χ0v) is 13.8. The normalized spacial score (nSPS) is 27.1. The van der Waals surface area contributed by atoms with Gasteiger partial charge in [-0.15, -0.1) is 0 Å². The fourth-order valence-electron chi connectivity index (χ4n) is 2.69. The summed E-state index contributed by atoms with van der Waals surface area (Å²) in [5.74, 6) is -0.977. The summed E-state index contributed by atoms with van der Waals surface area (Å²) >= 11 is 0. The third kappa shape index (κ3) is 4.87. The molecule has 0 amide bonds. The van der Waals surface area contributed by atoms with Crippen molar-refractivity contribution < 1.29 is 18.9 Å². The molecule has 0 aromatic heterocycles. The molecule has 2 aliphatic rings. The average molecular weight is 302 g/mol. The fourth-order valence-corrected chi connectivity index (χ4v) is 2.69. The van der Waals surface area contributed by atoms with E-state index in [2.05, 4.69) is 4.90 Å². The predicted octanol–water partition coefficient (Wildman–Crippen LogP) is 0.940. The first-order chi connectivity index (χ1) is 9.83. The highest BCUT2D eigenvalue weighted by molar-refractivity contribution is 4.84. The van der Waals surface area contributed by atoms with Crippen LogP contribution in [0.2, 0.25) is 0 Å². The molecule has 6 heteroatoms. The van der Waals surface area contributed by atoms with Gasteiger partial charge in [0.1, 0.15) is 0 Å². The van der Waals surface area contributed by atoms with Gasteiger partial charge in [-0.25, -0.2) is 0 Å². The van der Waals surface area contributed by atoms with Gasteiger partial charge in [-0.05, 0) is 40.7 Å². The second-order valence-corrected chi connectivity index (χ2v) is 6.73. The first-order valence-corrected chi connectivity index (χ1v) is 7.85. The van der Waals surface area contributed by atoms with Gasteiger partial charge in [0, 0.05) is 6.54 Å². The molecule has 2 N–H and O–H groups in total. The Kier molecular flexibility index (Phi) is 5.62. The molecule has 0 aromatic carbocycles. The van der Waals surface area contributed by atoms with Gasteiger partial charge in [0.15, 0.2) is 11.6 Å². The van der Waals surface area contributed by atoms with Crippen molar-refractivity contribution in [1.29, 1.82) is 0 Å². The Morgan fingerprint density at radius 1 is 0.857 bits per heavy atom. The number of rotatable bonds is 5. The summed E-state index contributed by atoms with van der Waals surface area (Å²) in [5, 5.41) is 0. The van der Waals surface area contributed by atoms with E-state index in [-0.39, 0.29) is 12.1 Å². The molecule has 2 fully saturated rings. The van der Waals surface area contributed by atoms with E-state index in [1.54, 1.807) is 0 Å². The monoisotopic (exact) mass is 302 g/mol. The summed E-state index contributed by atoms with van der Waals surface area (Å²) in [7, 11) is 0. The Morgan fingerprint density at radius 2 is 1.24 bits per heavy atom. The molecule has 0 aliphatic carbocycles. The molecule has 2 aliphatic heterocycles. The van der Waals surface area contributed by atoms with Crippen molar-refractivity contribution in [3.63, 3.8) is 0 Å². The van der Waals surface area contributed by atoms with Gasteiger partial charge in [-0.2, -0.15) is 0 Å². The van der Waals surface area contributed by atoms with E-state index in [0.717, 1.165) is 13.0 Å². The maximum atomic E-state index is 5.79. The van der Waals surface area contributed by atoms with Crippen LogP contribution >= 0.6 is 0 Å². The van der Waals surface area contributed by atoms with Crippen molar-refractivity contribution in [3.8, 4) is 0 Å². The molecule has 21 heavy (non-hydrogen) atoms. The zero-order valence-electron chi connectivity index (χ0n) is 13.8. The predicted molar refractivity (Wildman–Crippen MR) is 79.9 cm³/mol. The topological polar surface area (TPSA) is 66.2 Å². The molecule has 0 spiro atoms. The molecule has 0 aromatic rings. The lowest BCUT2D eigenvalue weighted by molar-refractivity contribution is -0.287. The van der Waals surface area contributed by atoms with Gasteiger partial charge in [-0.3, -0.25) is 4.90 Å². The smallest absolute Gasteiger partial charge is 0.162 e. The fraction of sp³-hybridized carbons (Fsp3) is 1.00. The van der Waals surface area contributed by atoms with Gasteiger partial charge in [0.2, 0.25) is 0 Å². The van der Waals surface area contributed by atoms with E-state index >= 15 is 0 Å². The third-order valence-electron chi connectivity index (χ3n) is 4.05. The quantitative estimate of drug-likeness (QED) is 0.815. The van der Waals surface area contributed by atoms with Gasteiger partial charge < -0.3 is 24.7 Å². The van der Waals surface area contributed by atoms with Crippen LogP contribution in [0.1, 0.15) is 34.1 Å². The van der Waals surface area contributed by atoms with Gasteiger partial charge in [0.05, 0.1) is 38.5 Å². The van der Waals surface area contributed by atoms with Crippen LogP contribution in [0.25, 0.3) is 0 Å². The Morgan fingerprint density at radius 3 is 1.57 bits per heavy atom. The Balaban J connectivity index is 1.95. The summed E-state index contributed by atoms with van der Waals surface area (Å²) in [4.78, 5) is 2.37. The second-order valence-electron chi connectivity index (χ2n) is 6.73. The highest BCUT2D eigenvalue weighted by Crippen LogP contribution is 2.25. The summed E-state index contributed by atoms with van der Waals surface area (Å²) in [5.41, 5.74) is 5.67. The van der Waals surface area contributed by atoms with E-state index in [1.807, 2.05) is 27.7 Å². The number of hydrogen-bond acceptors (Lipinski definition) is 6. The molecule has 124 valence electrons. The van der Waals surface area contributed by atoms with E-state index in [1.165, 1.54) is 0 Å². The molecule has 0 radical (unpaired) electrons. The lowest BCUT2D eigenvalue weighted by Crippen LogP contribution is -2.59. The number of nitrogens with two attached hydrogens (primary N) is 1. The number of nitrogens with zero attached hydrogens (tertiary/aromatic N) is 1. The van der Waals surface area contributed by atoms with Crippen LogP contribution in [0, 0.1) is 0 Å². The molecule has 2 heterocycles. The van der Waals surface area contributed by atoms with Crippen molar-refractivity contribution in [2.24, 2.45) is 5.73 Å². The maximum Gasteiger partial charge on any atom is 0.162 e. The van der Waals surface area contributed by atoms with E-state index in [4.69, 9.17) is 24.7 Å². The summed E-state index contributed by atoms with van der Waals surface area (Å²) in [6.07, 6.45) is 0.944. The molecular formula is C15H30N2O4. The minimum Gasteiger partial charge on any atom is -0.349 e. The highest BCUT2D eigenvalue weighted by Gasteiger charge is 2.37. The van der Waals surface area contributed by atoms with Crippen molar-refractivity contribution in [1.82, 2.24) is 4.90 Å². The first-order valence-electron chi connectivity index (χ1n) is 7.85. The van der Waals surface area contributed by atoms with Crippen molar-refractivity contribution >= 4 is 0 Å². The van der Waals surface area contributed by atoms with Crippen molar-refractivity contribution in [3.05, 3.63) is 0 Å². The molecule has 0 saturated carbocycles.